The topological polar surface area (TPSA) is 117 Å². The van der Waals surface area contributed by atoms with Gasteiger partial charge in [-0.1, -0.05) is 36.4 Å². The van der Waals surface area contributed by atoms with Crippen LogP contribution in [0.15, 0.2) is 78.9 Å². The maximum atomic E-state index is 13.3. The molecule has 10 nitrogen and oxygen atoms in total. The molecule has 0 aromatic heterocycles. The van der Waals surface area contributed by atoms with Crippen LogP contribution >= 0.6 is 0 Å². The van der Waals surface area contributed by atoms with E-state index in [4.69, 9.17) is 9.47 Å². The van der Waals surface area contributed by atoms with Gasteiger partial charge in [0.05, 0.1) is 13.2 Å². The van der Waals surface area contributed by atoms with Gasteiger partial charge >= 0.3 is 12.0 Å². The first-order valence-corrected chi connectivity index (χ1v) is 12.4. The fourth-order valence-corrected chi connectivity index (χ4v) is 3.60. The number of carbonyl (C=O) groups is 4. The van der Waals surface area contributed by atoms with Crippen molar-refractivity contribution in [3.8, 4) is 5.75 Å². The van der Waals surface area contributed by atoms with Crippen LogP contribution < -0.4 is 25.2 Å². The van der Waals surface area contributed by atoms with Crippen molar-refractivity contribution in [2.24, 2.45) is 0 Å². The van der Waals surface area contributed by atoms with Gasteiger partial charge in [0.1, 0.15) is 12.3 Å². The molecule has 0 atom stereocenters. The molecule has 3 rings (SSSR count). The molecule has 204 valence electrons. The number of nitrogens with zero attached hydrogens (tertiary/aromatic N) is 2. The zero-order valence-electron chi connectivity index (χ0n) is 22.2. The van der Waals surface area contributed by atoms with E-state index >= 15 is 0 Å². The van der Waals surface area contributed by atoms with E-state index < -0.39 is 17.9 Å². The van der Waals surface area contributed by atoms with Crippen LogP contribution in [0.1, 0.15) is 12.5 Å². The molecule has 39 heavy (non-hydrogen) atoms. The highest BCUT2D eigenvalue weighted by Gasteiger charge is 2.23. The molecule has 0 unspecified atom stereocenters. The van der Waals surface area contributed by atoms with Gasteiger partial charge in [0.2, 0.25) is 11.8 Å². The molecule has 0 aliphatic rings. The number of benzene rings is 3. The van der Waals surface area contributed by atoms with Crippen LogP contribution in [0, 0.1) is 6.92 Å². The van der Waals surface area contributed by atoms with Gasteiger partial charge < -0.3 is 29.9 Å². The minimum Gasteiger partial charge on any atom is -0.482 e. The largest absolute Gasteiger partial charge is 0.482 e. The molecule has 0 heterocycles. The highest BCUT2D eigenvalue weighted by atomic mass is 16.6. The van der Waals surface area contributed by atoms with Gasteiger partial charge in [-0.3, -0.25) is 9.59 Å². The third kappa shape index (κ3) is 8.89. The van der Waals surface area contributed by atoms with Gasteiger partial charge in [0.15, 0.2) is 6.61 Å². The van der Waals surface area contributed by atoms with Crippen molar-refractivity contribution in [3.05, 3.63) is 84.4 Å². The van der Waals surface area contributed by atoms with E-state index in [9.17, 15) is 19.2 Å². The highest BCUT2D eigenvalue weighted by molar-refractivity contribution is 6.05. The number of esters is 1. The summed E-state index contributed by atoms with van der Waals surface area (Å²) in [6.45, 7) is 2.85. The Labute approximate surface area is 227 Å². The minimum atomic E-state index is -0.562. The first-order chi connectivity index (χ1) is 18.8. The average molecular weight is 533 g/mol. The zero-order chi connectivity index (χ0) is 28.2. The lowest BCUT2D eigenvalue weighted by Gasteiger charge is -2.26. The van der Waals surface area contributed by atoms with Gasteiger partial charge in [-0.15, -0.1) is 0 Å². The first-order valence-electron chi connectivity index (χ1n) is 12.4. The van der Waals surface area contributed by atoms with Crippen molar-refractivity contribution in [2.45, 2.75) is 13.8 Å². The molecule has 0 saturated carbocycles. The van der Waals surface area contributed by atoms with E-state index in [-0.39, 0.29) is 32.2 Å². The number of rotatable bonds is 11. The lowest BCUT2D eigenvalue weighted by Crippen LogP contribution is -2.46. The molecule has 0 saturated heterocycles. The number of likely N-dealkylation sites (N-methyl/N-ethyl adjacent to an activating group) is 1. The van der Waals surface area contributed by atoms with E-state index in [0.29, 0.717) is 22.8 Å². The summed E-state index contributed by atoms with van der Waals surface area (Å²) in [5, 5.41) is 5.23. The van der Waals surface area contributed by atoms with Crippen molar-refractivity contribution in [2.75, 3.05) is 48.5 Å². The third-order valence-corrected chi connectivity index (χ3v) is 5.58. The van der Waals surface area contributed by atoms with Crippen LogP contribution in [0.4, 0.5) is 21.9 Å². The molecule has 0 fully saturated rings. The fraction of sp³-hybridized carbons (Fsp3) is 0.241. The Morgan fingerprint density at radius 3 is 2.28 bits per heavy atom. The molecule has 2 N–H and O–H groups in total. The Morgan fingerprint density at radius 1 is 0.846 bits per heavy atom. The van der Waals surface area contributed by atoms with Crippen molar-refractivity contribution in [3.63, 3.8) is 0 Å². The number of amides is 4. The average Bonchev–Trinajstić information content (AvgIpc) is 2.94. The van der Waals surface area contributed by atoms with Crippen LogP contribution in [0.5, 0.6) is 5.75 Å². The van der Waals surface area contributed by atoms with Crippen molar-refractivity contribution in [1.29, 1.82) is 0 Å². The predicted octanol–water partition coefficient (Wildman–Crippen LogP) is 3.75. The van der Waals surface area contributed by atoms with Crippen LogP contribution in [0.25, 0.3) is 0 Å². The summed E-state index contributed by atoms with van der Waals surface area (Å²) >= 11 is 0. The predicted molar refractivity (Wildman–Crippen MR) is 149 cm³/mol. The third-order valence-electron chi connectivity index (χ3n) is 5.58. The number of para-hydroxylation sites is 1. The SMILES string of the molecule is CCOC(=O)COc1cccc(N(CC(=O)N(C)c2ccccc2)C(=O)CNC(=O)Nc2cccc(C)c2)c1. The summed E-state index contributed by atoms with van der Waals surface area (Å²) in [5.41, 5.74) is 2.58. The summed E-state index contributed by atoms with van der Waals surface area (Å²) in [6.07, 6.45) is 0. The molecule has 0 spiro atoms. The van der Waals surface area contributed by atoms with Crippen LogP contribution in [-0.2, 0) is 19.1 Å². The van der Waals surface area contributed by atoms with Crippen LogP contribution in [0.3, 0.4) is 0 Å². The van der Waals surface area contributed by atoms with Crippen LogP contribution in [0.2, 0.25) is 0 Å². The summed E-state index contributed by atoms with van der Waals surface area (Å²) in [6, 6.07) is 22.1. The quantitative estimate of drug-likeness (QED) is 0.363. The molecule has 3 aromatic carbocycles. The second-order valence-corrected chi connectivity index (χ2v) is 8.54. The van der Waals surface area contributed by atoms with E-state index in [1.807, 2.05) is 37.3 Å². The number of hydrogen-bond donors (Lipinski definition) is 2. The number of aryl methyl sites for hydroxylation is 1. The van der Waals surface area contributed by atoms with Crippen molar-refractivity contribution < 1.29 is 28.7 Å². The Hall–Kier alpha value is -4.86. The first kappa shape index (κ1) is 28.7. The molecular weight excluding hydrogens is 500 g/mol. The second-order valence-electron chi connectivity index (χ2n) is 8.54. The van der Waals surface area contributed by atoms with Crippen molar-refractivity contribution >= 4 is 40.9 Å². The van der Waals surface area contributed by atoms with E-state index in [2.05, 4.69) is 10.6 Å². The van der Waals surface area contributed by atoms with Gasteiger partial charge in [0, 0.05) is 30.2 Å². The van der Waals surface area contributed by atoms with Gasteiger partial charge in [-0.2, -0.15) is 0 Å². The Morgan fingerprint density at radius 2 is 1.56 bits per heavy atom. The monoisotopic (exact) mass is 532 g/mol. The minimum absolute atomic E-state index is 0.228. The summed E-state index contributed by atoms with van der Waals surface area (Å²) in [4.78, 5) is 53.3. The lowest BCUT2D eigenvalue weighted by molar-refractivity contribution is -0.145. The smallest absolute Gasteiger partial charge is 0.344 e. The van der Waals surface area contributed by atoms with Gasteiger partial charge in [-0.05, 0) is 55.8 Å². The molecule has 10 heteroatoms. The van der Waals surface area contributed by atoms with Crippen molar-refractivity contribution in [1.82, 2.24) is 5.32 Å². The molecule has 0 bridgehead atoms. The number of carbonyl (C=O) groups excluding carboxylic acids is 4. The Balaban J connectivity index is 1.75. The van der Waals surface area contributed by atoms with Crippen LogP contribution in [-0.4, -0.2) is 57.2 Å². The zero-order valence-corrected chi connectivity index (χ0v) is 22.2. The molecule has 0 aliphatic carbocycles. The fourth-order valence-electron chi connectivity index (χ4n) is 3.60. The maximum absolute atomic E-state index is 13.3. The van der Waals surface area contributed by atoms with Gasteiger partial charge in [-0.25, -0.2) is 9.59 Å². The normalized spacial score (nSPS) is 10.2. The molecule has 0 aliphatic heterocycles. The summed E-state index contributed by atoms with van der Waals surface area (Å²) in [5.74, 6) is -1.09. The Kier molecular flexibility index (Phi) is 10.4. The highest BCUT2D eigenvalue weighted by Crippen LogP contribution is 2.22. The molecule has 4 amide bonds. The van der Waals surface area contributed by atoms with E-state index in [0.717, 1.165) is 5.56 Å². The van der Waals surface area contributed by atoms with Gasteiger partial charge in [0.25, 0.3) is 0 Å². The molecule has 0 radical (unpaired) electrons. The Bertz CT molecular complexity index is 1300. The number of urea groups is 1. The number of hydrogen-bond acceptors (Lipinski definition) is 6. The summed E-state index contributed by atoms with van der Waals surface area (Å²) < 4.78 is 10.4. The second kappa shape index (κ2) is 14.2. The number of anilines is 3. The molecule has 3 aromatic rings. The lowest BCUT2D eigenvalue weighted by atomic mass is 10.2. The maximum Gasteiger partial charge on any atom is 0.344 e. The van der Waals surface area contributed by atoms with E-state index in [1.165, 1.54) is 9.80 Å². The van der Waals surface area contributed by atoms with E-state index in [1.54, 1.807) is 62.5 Å². The molecular formula is C29H32N4O6. The number of nitrogens with one attached hydrogen (secondary N) is 2. The number of ether oxygens (including phenoxy) is 2. The summed E-state index contributed by atoms with van der Waals surface area (Å²) in [7, 11) is 1.62. The standard InChI is InChI=1S/C29H32N4O6/c1-4-38-28(36)20-39-25-15-9-14-24(17-25)33(19-27(35)32(3)23-12-6-5-7-13-23)26(34)18-30-29(37)31-22-11-8-10-21(2)16-22/h5-17H,4,18-20H2,1-3H3,(H2,30,31,37).